The zero-order valence-electron chi connectivity index (χ0n) is 32.1. The van der Waals surface area contributed by atoms with E-state index in [4.69, 9.17) is 15.0 Å². The summed E-state index contributed by atoms with van der Waals surface area (Å²) in [4.78, 5) is 15.4. The van der Waals surface area contributed by atoms with Crippen molar-refractivity contribution in [3.63, 3.8) is 0 Å². The average Bonchev–Trinajstić information content (AvgIpc) is 3.72. The number of rotatable bonds is 4. The fourth-order valence-electron chi connectivity index (χ4n) is 9.57. The Kier molecular flexibility index (Phi) is 6.94. The Labute approximate surface area is 335 Å². The highest BCUT2D eigenvalue weighted by atomic mass is 15.0. The first kappa shape index (κ1) is 32.8. The molecule has 0 radical (unpaired) electrons. The van der Waals surface area contributed by atoms with Crippen LogP contribution in [-0.2, 0) is 5.41 Å². The highest BCUT2D eigenvalue weighted by Crippen LogP contribution is 2.53. The van der Waals surface area contributed by atoms with Gasteiger partial charge in [-0.1, -0.05) is 159 Å². The molecule has 0 bridgehead atoms. The van der Waals surface area contributed by atoms with Gasteiger partial charge in [0.2, 0.25) is 0 Å². The molecule has 2 heterocycles. The summed E-state index contributed by atoms with van der Waals surface area (Å²) < 4.78 is 2.47. The molecule has 1 aliphatic carbocycles. The van der Waals surface area contributed by atoms with Crippen LogP contribution in [0.5, 0.6) is 0 Å². The second-order valence-electron chi connectivity index (χ2n) is 16.0. The van der Waals surface area contributed by atoms with Crippen molar-refractivity contribution in [2.75, 3.05) is 0 Å². The zero-order valence-corrected chi connectivity index (χ0v) is 32.1. The second kappa shape index (κ2) is 12.3. The minimum atomic E-state index is -0.159. The maximum absolute atomic E-state index is 5.22. The number of fused-ring (bicyclic) bond motifs is 10. The fourth-order valence-corrected chi connectivity index (χ4v) is 9.57. The van der Waals surface area contributed by atoms with Crippen LogP contribution in [0.1, 0.15) is 25.0 Å². The number of nitrogens with zero attached hydrogens (tertiary/aromatic N) is 4. The number of hydrogen-bond donors (Lipinski definition) is 0. The van der Waals surface area contributed by atoms with Gasteiger partial charge in [-0.25, -0.2) is 15.0 Å². The number of hydrogen-bond acceptors (Lipinski definition) is 3. The summed E-state index contributed by atoms with van der Waals surface area (Å²) in [5.74, 6) is 1.94. The summed E-state index contributed by atoms with van der Waals surface area (Å²) in [6.07, 6.45) is 0. The highest BCUT2D eigenvalue weighted by Gasteiger charge is 2.37. The molecule has 9 aromatic carbocycles. The van der Waals surface area contributed by atoms with Crippen molar-refractivity contribution in [2.24, 2.45) is 0 Å². The first-order valence-corrected chi connectivity index (χ1v) is 19.9. The molecule has 12 rings (SSSR count). The minimum Gasteiger partial charge on any atom is -0.309 e. The van der Waals surface area contributed by atoms with Crippen LogP contribution in [0.3, 0.4) is 0 Å². The standard InChI is InChI=1S/C54H36N4/c1-54(2)45-28-26-34-15-8-9-19-38(34)50(45)44-31-43-41-22-12-13-23-47(41)58(49(43)32-46(44)54)48-29-27-42(39-20-10-11-21-40(39)48)53-56-51(35-16-4-3-5-17-35)55-52(57-53)37-25-24-33-14-6-7-18-36(33)30-37/h3-32H,1-2H3. The molecule has 11 aromatic rings. The van der Waals surface area contributed by atoms with Crippen LogP contribution in [0.25, 0.3) is 105 Å². The maximum atomic E-state index is 5.22. The third-order valence-corrected chi connectivity index (χ3v) is 12.4. The fraction of sp³-hybridized carbons (Fsp3) is 0.0556. The molecule has 2 aromatic heterocycles. The molecule has 0 aliphatic heterocycles. The van der Waals surface area contributed by atoms with E-state index in [1.165, 1.54) is 60.2 Å². The van der Waals surface area contributed by atoms with E-state index in [0.717, 1.165) is 38.5 Å². The lowest BCUT2D eigenvalue weighted by molar-refractivity contribution is 0.661. The SMILES string of the molecule is CC1(C)c2cc3c(cc2-c2c1ccc1ccccc21)c1ccccc1n3-c1ccc(-c2nc(-c3ccccc3)nc(-c3ccc4ccccc4c3)n2)c2ccccc12. The van der Waals surface area contributed by atoms with Crippen molar-refractivity contribution in [3.8, 4) is 51.0 Å². The van der Waals surface area contributed by atoms with Crippen molar-refractivity contribution < 1.29 is 0 Å². The van der Waals surface area contributed by atoms with E-state index in [9.17, 15) is 0 Å². The first-order chi connectivity index (χ1) is 28.5. The Morgan fingerprint density at radius 1 is 0.379 bits per heavy atom. The van der Waals surface area contributed by atoms with Crippen molar-refractivity contribution in [2.45, 2.75) is 19.3 Å². The summed E-state index contributed by atoms with van der Waals surface area (Å²) >= 11 is 0. The molecular formula is C54H36N4. The van der Waals surface area contributed by atoms with Crippen LogP contribution >= 0.6 is 0 Å². The van der Waals surface area contributed by atoms with Gasteiger partial charge in [0, 0.05) is 38.3 Å². The Bertz CT molecular complexity index is 3490. The summed E-state index contributed by atoms with van der Waals surface area (Å²) in [5.41, 5.74) is 11.7. The second-order valence-corrected chi connectivity index (χ2v) is 16.0. The van der Waals surface area contributed by atoms with Crippen LogP contribution in [0, 0.1) is 0 Å². The van der Waals surface area contributed by atoms with E-state index in [-0.39, 0.29) is 5.41 Å². The number of para-hydroxylation sites is 1. The average molecular weight is 741 g/mol. The summed E-state index contributed by atoms with van der Waals surface area (Å²) in [7, 11) is 0. The predicted octanol–water partition coefficient (Wildman–Crippen LogP) is 13.7. The van der Waals surface area contributed by atoms with E-state index in [1.807, 2.05) is 18.2 Å². The smallest absolute Gasteiger partial charge is 0.164 e. The van der Waals surface area contributed by atoms with Gasteiger partial charge in [-0.15, -0.1) is 0 Å². The molecule has 0 unspecified atom stereocenters. The molecule has 272 valence electrons. The lowest BCUT2D eigenvalue weighted by atomic mass is 9.82. The van der Waals surface area contributed by atoms with Gasteiger partial charge in [0.05, 0.1) is 16.7 Å². The Hall–Kier alpha value is -7.43. The molecule has 4 nitrogen and oxygen atoms in total. The van der Waals surface area contributed by atoms with Crippen LogP contribution in [-0.4, -0.2) is 19.5 Å². The number of benzene rings is 9. The Balaban J connectivity index is 1.09. The molecular weight excluding hydrogens is 705 g/mol. The number of aromatic nitrogens is 4. The topological polar surface area (TPSA) is 43.6 Å². The molecule has 4 heteroatoms. The third kappa shape index (κ3) is 4.78. The van der Waals surface area contributed by atoms with Gasteiger partial charge in [0.25, 0.3) is 0 Å². The van der Waals surface area contributed by atoms with Crippen LogP contribution in [0.2, 0.25) is 0 Å². The van der Waals surface area contributed by atoms with Crippen molar-refractivity contribution >= 4 is 54.1 Å². The quantitative estimate of drug-likeness (QED) is 0.180. The van der Waals surface area contributed by atoms with Crippen molar-refractivity contribution in [1.29, 1.82) is 0 Å². The molecule has 0 saturated carbocycles. The molecule has 0 fully saturated rings. The van der Waals surface area contributed by atoms with E-state index in [1.54, 1.807) is 0 Å². The first-order valence-electron chi connectivity index (χ1n) is 19.9. The van der Waals surface area contributed by atoms with Crippen LogP contribution < -0.4 is 0 Å². The monoisotopic (exact) mass is 740 g/mol. The summed E-state index contributed by atoms with van der Waals surface area (Å²) in [6.45, 7) is 4.75. The molecule has 0 amide bonds. The predicted molar refractivity (Wildman–Crippen MR) is 241 cm³/mol. The molecule has 0 saturated heterocycles. The van der Waals surface area contributed by atoms with Gasteiger partial charge in [0.15, 0.2) is 17.5 Å². The van der Waals surface area contributed by atoms with Gasteiger partial charge < -0.3 is 4.57 Å². The van der Waals surface area contributed by atoms with Gasteiger partial charge >= 0.3 is 0 Å². The Morgan fingerprint density at radius 2 is 1.02 bits per heavy atom. The molecule has 0 N–H and O–H groups in total. The van der Waals surface area contributed by atoms with Crippen molar-refractivity contribution in [1.82, 2.24) is 19.5 Å². The van der Waals surface area contributed by atoms with E-state index < -0.39 is 0 Å². The lowest BCUT2D eigenvalue weighted by Crippen LogP contribution is -2.15. The van der Waals surface area contributed by atoms with Gasteiger partial charge in [-0.3, -0.25) is 0 Å². The largest absolute Gasteiger partial charge is 0.309 e. The molecule has 0 spiro atoms. The van der Waals surface area contributed by atoms with Gasteiger partial charge in [0.1, 0.15) is 0 Å². The highest BCUT2D eigenvalue weighted by molar-refractivity contribution is 6.15. The summed E-state index contributed by atoms with van der Waals surface area (Å²) in [6, 6.07) is 65.4. The summed E-state index contributed by atoms with van der Waals surface area (Å²) in [5, 5.41) is 9.63. The third-order valence-electron chi connectivity index (χ3n) is 12.4. The molecule has 0 atom stereocenters. The zero-order chi connectivity index (χ0) is 38.5. The van der Waals surface area contributed by atoms with E-state index in [2.05, 4.69) is 182 Å². The lowest BCUT2D eigenvalue weighted by Gasteiger charge is -2.22. The van der Waals surface area contributed by atoms with E-state index >= 15 is 0 Å². The molecule has 58 heavy (non-hydrogen) atoms. The minimum absolute atomic E-state index is 0.159. The maximum Gasteiger partial charge on any atom is 0.164 e. The van der Waals surface area contributed by atoms with Crippen molar-refractivity contribution in [3.05, 3.63) is 193 Å². The Morgan fingerprint density at radius 3 is 1.84 bits per heavy atom. The van der Waals surface area contributed by atoms with Gasteiger partial charge in [-0.2, -0.15) is 0 Å². The van der Waals surface area contributed by atoms with Crippen LogP contribution in [0.15, 0.2) is 182 Å². The van der Waals surface area contributed by atoms with Gasteiger partial charge in [-0.05, 0) is 85.6 Å². The normalized spacial score (nSPS) is 13.1. The van der Waals surface area contributed by atoms with E-state index in [0.29, 0.717) is 17.5 Å². The van der Waals surface area contributed by atoms with Crippen LogP contribution in [0.4, 0.5) is 0 Å². The molecule has 1 aliphatic rings.